The first-order chi connectivity index (χ1) is 10.7. The van der Waals surface area contributed by atoms with E-state index in [1.54, 1.807) is 0 Å². The Hall–Kier alpha value is -1.68. The summed E-state index contributed by atoms with van der Waals surface area (Å²) >= 11 is 0. The molecule has 0 aromatic heterocycles. The van der Waals surface area contributed by atoms with Gasteiger partial charge in [-0.15, -0.1) is 0 Å². The van der Waals surface area contributed by atoms with E-state index >= 15 is 0 Å². The van der Waals surface area contributed by atoms with E-state index in [-0.39, 0.29) is 0 Å². The average molecular weight is 303 g/mol. The van der Waals surface area contributed by atoms with Crippen LogP contribution in [0, 0.1) is 0 Å². The van der Waals surface area contributed by atoms with Gasteiger partial charge in [0.05, 0.1) is 19.3 Å². The van der Waals surface area contributed by atoms with Gasteiger partial charge in [-0.1, -0.05) is 25.5 Å². The fraction of sp³-hybridized carbons (Fsp3) is 0.556. The van der Waals surface area contributed by atoms with Crippen LogP contribution in [0.1, 0.15) is 44.7 Å². The van der Waals surface area contributed by atoms with Crippen molar-refractivity contribution in [2.45, 2.75) is 39.2 Å². The zero-order chi connectivity index (χ0) is 15.8. The van der Waals surface area contributed by atoms with Gasteiger partial charge in [-0.25, -0.2) is 0 Å². The molecule has 1 unspecified atom stereocenters. The van der Waals surface area contributed by atoms with Crippen LogP contribution in [0.3, 0.4) is 0 Å². The van der Waals surface area contributed by atoms with Crippen molar-refractivity contribution in [1.29, 1.82) is 0 Å². The molecule has 0 spiro atoms. The SMILES string of the molecule is CCCCOc1ccc(C(C)N2C=CN(CCCN)C2)cc1. The highest BCUT2D eigenvalue weighted by molar-refractivity contribution is 5.29. The maximum absolute atomic E-state index is 5.72. The first-order valence-electron chi connectivity index (χ1n) is 8.35. The normalized spacial score (nSPS) is 15.4. The molecule has 1 heterocycles. The first kappa shape index (κ1) is 16.7. The Balaban J connectivity index is 1.85. The van der Waals surface area contributed by atoms with Crippen LogP contribution in [-0.2, 0) is 0 Å². The van der Waals surface area contributed by atoms with Crippen LogP contribution in [0.4, 0.5) is 0 Å². The van der Waals surface area contributed by atoms with Crippen molar-refractivity contribution in [3.8, 4) is 5.75 Å². The summed E-state index contributed by atoms with van der Waals surface area (Å²) in [6, 6.07) is 8.86. The zero-order valence-electron chi connectivity index (χ0n) is 13.9. The van der Waals surface area contributed by atoms with Gasteiger partial charge in [0.15, 0.2) is 0 Å². The summed E-state index contributed by atoms with van der Waals surface area (Å²) in [6.45, 7) is 7.93. The lowest BCUT2D eigenvalue weighted by atomic mass is 10.1. The third kappa shape index (κ3) is 4.67. The molecule has 0 radical (unpaired) electrons. The summed E-state index contributed by atoms with van der Waals surface area (Å²) in [6.07, 6.45) is 7.64. The molecule has 0 saturated heterocycles. The quantitative estimate of drug-likeness (QED) is 0.711. The van der Waals surface area contributed by atoms with E-state index in [0.717, 1.165) is 51.4 Å². The number of unbranched alkanes of at least 4 members (excludes halogenated alkanes) is 1. The minimum Gasteiger partial charge on any atom is -0.494 e. The summed E-state index contributed by atoms with van der Waals surface area (Å²) in [5.41, 5.74) is 6.89. The predicted octanol–water partition coefficient (Wildman–Crippen LogP) is 3.32. The molecule has 2 rings (SSSR count). The number of nitrogens with two attached hydrogens (primary N) is 1. The molecule has 1 aromatic rings. The Bertz CT molecular complexity index is 458. The van der Waals surface area contributed by atoms with Gasteiger partial charge in [-0.05, 0) is 44.0 Å². The summed E-state index contributed by atoms with van der Waals surface area (Å²) in [5, 5.41) is 0. The second-order valence-corrected chi connectivity index (χ2v) is 5.86. The summed E-state index contributed by atoms with van der Waals surface area (Å²) < 4.78 is 5.72. The Kier molecular flexibility index (Phi) is 6.59. The number of ether oxygens (including phenoxy) is 1. The van der Waals surface area contributed by atoms with Crippen molar-refractivity contribution < 1.29 is 4.74 Å². The summed E-state index contributed by atoms with van der Waals surface area (Å²) in [5.74, 6) is 0.964. The van der Waals surface area contributed by atoms with Gasteiger partial charge in [-0.3, -0.25) is 0 Å². The third-order valence-electron chi connectivity index (χ3n) is 4.09. The van der Waals surface area contributed by atoms with Crippen LogP contribution >= 0.6 is 0 Å². The van der Waals surface area contributed by atoms with Gasteiger partial charge in [-0.2, -0.15) is 0 Å². The molecule has 0 amide bonds. The largest absolute Gasteiger partial charge is 0.494 e. The van der Waals surface area contributed by atoms with Crippen molar-refractivity contribution in [3.63, 3.8) is 0 Å². The molecule has 1 aliphatic heterocycles. The maximum atomic E-state index is 5.72. The second kappa shape index (κ2) is 8.69. The van der Waals surface area contributed by atoms with Crippen LogP contribution in [0.5, 0.6) is 5.75 Å². The van der Waals surface area contributed by atoms with E-state index in [1.807, 2.05) is 0 Å². The zero-order valence-corrected chi connectivity index (χ0v) is 13.9. The van der Waals surface area contributed by atoms with Gasteiger partial charge < -0.3 is 20.3 Å². The molecule has 4 nitrogen and oxygen atoms in total. The fourth-order valence-electron chi connectivity index (χ4n) is 2.54. The third-order valence-corrected chi connectivity index (χ3v) is 4.09. The predicted molar refractivity (Wildman–Crippen MR) is 91.5 cm³/mol. The molecule has 1 aliphatic rings. The molecule has 2 N–H and O–H groups in total. The van der Waals surface area contributed by atoms with Crippen molar-refractivity contribution in [3.05, 3.63) is 42.2 Å². The van der Waals surface area contributed by atoms with Crippen molar-refractivity contribution in [2.24, 2.45) is 5.73 Å². The van der Waals surface area contributed by atoms with Crippen molar-refractivity contribution >= 4 is 0 Å². The molecular formula is C18H29N3O. The molecule has 22 heavy (non-hydrogen) atoms. The molecule has 0 aliphatic carbocycles. The first-order valence-corrected chi connectivity index (χ1v) is 8.35. The summed E-state index contributed by atoms with van der Waals surface area (Å²) in [7, 11) is 0. The smallest absolute Gasteiger partial charge is 0.119 e. The average Bonchev–Trinajstić information content (AvgIpc) is 3.02. The number of rotatable bonds is 9. The molecule has 1 atom stereocenters. The van der Waals surface area contributed by atoms with Gasteiger partial charge >= 0.3 is 0 Å². The highest BCUT2D eigenvalue weighted by Gasteiger charge is 2.18. The minimum atomic E-state index is 0.365. The highest BCUT2D eigenvalue weighted by Crippen LogP contribution is 2.25. The van der Waals surface area contributed by atoms with E-state index in [0.29, 0.717) is 6.04 Å². The highest BCUT2D eigenvalue weighted by atomic mass is 16.5. The Morgan fingerprint density at radius 2 is 1.95 bits per heavy atom. The lowest BCUT2D eigenvalue weighted by Crippen LogP contribution is -2.28. The van der Waals surface area contributed by atoms with Gasteiger partial charge in [0.25, 0.3) is 0 Å². The number of hydrogen-bond donors (Lipinski definition) is 1. The molecule has 1 aromatic carbocycles. The van der Waals surface area contributed by atoms with Crippen LogP contribution in [0.25, 0.3) is 0 Å². The Morgan fingerprint density at radius 1 is 1.18 bits per heavy atom. The number of hydrogen-bond acceptors (Lipinski definition) is 4. The Morgan fingerprint density at radius 3 is 2.64 bits per heavy atom. The fourth-order valence-corrected chi connectivity index (χ4v) is 2.54. The molecule has 0 bridgehead atoms. The standard InChI is InChI=1S/C18H29N3O/c1-3-4-14-22-18-8-6-17(7-9-18)16(2)21-13-12-20(15-21)11-5-10-19/h6-9,12-13,16H,3-5,10-11,14-15,19H2,1-2H3. The van der Waals surface area contributed by atoms with E-state index in [1.165, 1.54) is 5.56 Å². The van der Waals surface area contributed by atoms with Gasteiger partial charge in [0.2, 0.25) is 0 Å². The molecular weight excluding hydrogens is 274 g/mol. The summed E-state index contributed by atoms with van der Waals surface area (Å²) in [4.78, 5) is 4.66. The van der Waals surface area contributed by atoms with Gasteiger partial charge in [0, 0.05) is 18.9 Å². The molecule has 0 fully saturated rings. The number of benzene rings is 1. The van der Waals surface area contributed by atoms with E-state index < -0.39 is 0 Å². The lowest BCUT2D eigenvalue weighted by molar-refractivity contribution is 0.222. The molecule has 0 saturated carbocycles. The molecule has 122 valence electrons. The molecule has 4 heteroatoms. The van der Waals surface area contributed by atoms with Crippen LogP contribution < -0.4 is 10.5 Å². The van der Waals surface area contributed by atoms with Crippen LogP contribution in [0.15, 0.2) is 36.7 Å². The van der Waals surface area contributed by atoms with E-state index in [9.17, 15) is 0 Å². The van der Waals surface area contributed by atoms with Crippen LogP contribution in [0.2, 0.25) is 0 Å². The van der Waals surface area contributed by atoms with E-state index in [4.69, 9.17) is 10.5 Å². The lowest BCUT2D eigenvalue weighted by Gasteiger charge is -2.27. The minimum absolute atomic E-state index is 0.365. The second-order valence-electron chi connectivity index (χ2n) is 5.86. The van der Waals surface area contributed by atoms with Crippen LogP contribution in [-0.4, -0.2) is 36.2 Å². The Labute approximate surface area is 134 Å². The van der Waals surface area contributed by atoms with Crippen molar-refractivity contribution in [1.82, 2.24) is 9.80 Å². The van der Waals surface area contributed by atoms with Crippen molar-refractivity contribution in [2.75, 3.05) is 26.4 Å². The monoisotopic (exact) mass is 303 g/mol. The number of nitrogens with zero attached hydrogens (tertiary/aromatic N) is 2. The maximum Gasteiger partial charge on any atom is 0.119 e. The van der Waals surface area contributed by atoms with Gasteiger partial charge in [0.1, 0.15) is 5.75 Å². The van der Waals surface area contributed by atoms with E-state index in [2.05, 4.69) is 60.3 Å². The topological polar surface area (TPSA) is 41.7 Å².